The number of Topliss-reactive ketones (excluding diaryl/α,β-unsaturated/α-hetero) is 1. The Balaban J connectivity index is 0.690. The number of piperazine rings is 1. The number of anilines is 2. The van der Waals surface area contributed by atoms with Crippen molar-refractivity contribution in [2.45, 2.75) is 101 Å². The van der Waals surface area contributed by atoms with Crippen LogP contribution in [-0.4, -0.2) is 127 Å². The molecule has 4 aliphatic heterocycles. The normalized spacial score (nSPS) is 22.5. The number of imide groups is 2. The molecule has 4 atom stereocenters. The van der Waals surface area contributed by atoms with Crippen molar-refractivity contribution in [1.29, 1.82) is 0 Å². The molecule has 3 aromatic carbocycles. The minimum Gasteiger partial charge on any atom is -0.378 e. The number of carbonyl (C=O) groups excluding carboxylic acids is 6. The number of unbranched alkanes of at least 4 members (excludes halogenated alkanes) is 5. The number of likely N-dealkylation sites (N-methyl/N-ethyl adjacent to an activating group) is 1. The van der Waals surface area contributed by atoms with Gasteiger partial charge in [-0.1, -0.05) is 49.9 Å². The zero-order valence-electron chi connectivity index (χ0n) is 36.6. The maximum Gasteiger partial charge on any atom is 0.262 e. The number of halogens is 1. The summed E-state index contributed by atoms with van der Waals surface area (Å²) < 4.78 is 14.9. The minimum absolute atomic E-state index is 0.0468. The van der Waals surface area contributed by atoms with E-state index >= 15 is 0 Å². The van der Waals surface area contributed by atoms with E-state index in [1.54, 1.807) is 12.1 Å². The summed E-state index contributed by atoms with van der Waals surface area (Å²) in [5.41, 5.74) is 5.45. The van der Waals surface area contributed by atoms with Crippen LogP contribution < -0.4 is 15.5 Å². The summed E-state index contributed by atoms with van der Waals surface area (Å²) in [7, 11) is 4.30. The monoisotopic (exact) mass is 861 g/mol. The van der Waals surface area contributed by atoms with Gasteiger partial charge in [-0.05, 0) is 93.7 Å². The maximum absolute atomic E-state index is 14.9. The van der Waals surface area contributed by atoms with Gasteiger partial charge in [0.1, 0.15) is 11.9 Å². The van der Waals surface area contributed by atoms with Crippen LogP contribution in [0, 0.1) is 5.82 Å². The van der Waals surface area contributed by atoms with Crippen LogP contribution in [0.2, 0.25) is 0 Å². The molecule has 8 rings (SSSR count). The average molecular weight is 862 g/mol. The first kappa shape index (κ1) is 44.1. The Kier molecular flexibility index (Phi) is 13.7. The van der Waals surface area contributed by atoms with Gasteiger partial charge in [0.15, 0.2) is 5.78 Å². The van der Waals surface area contributed by atoms with Gasteiger partial charge in [-0.15, -0.1) is 0 Å². The van der Waals surface area contributed by atoms with Crippen LogP contribution in [0.25, 0.3) is 0 Å². The van der Waals surface area contributed by atoms with E-state index in [4.69, 9.17) is 0 Å². The third-order valence-electron chi connectivity index (χ3n) is 13.9. The molecule has 13 nitrogen and oxygen atoms in total. The van der Waals surface area contributed by atoms with Crippen LogP contribution >= 0.6 is 0 Å². The average Bonchev–Trinajstić information content (AvgIpc) is 3.99. The molecule has 63 heavy (non-hydrogen) atoms. The summed E-state index contributed by atoms with van der Waals surface area (Å²) >= 11 is 0. The van der Waals surface area contributed by atoms with E-state index in [0.717, 1.165) is 107 Å². The molecule has 3 fully saturated rings. The van der Waals surface area contributed by atoms with Crippen molar-refractivity contribution in [2.24, 2.45) is 0 Å². The van der Waals surface area contributed by atoms with Crippen LogP contribution in [0.3, 0.4) is 0 Å². The molecule has 0 saturated carbocycles. The first-order valence-electron chi connectivity index (χ1n) is 22.9. The number of nitrogens with zero attached hydrogens (tertiary/aromatic N) is 5. The molecule has 5 amide bonds. The number of amides is 5. The Bertz CT molecular complexity index is 2220. The van der Waals surface area contributed by atoms with Crippen LogP contribution in [0.5, 0.6) is 0 Å². The Morgan fingerprint density at radius 3 is 2.21 bits per heavy atom. The highest BCUT2D eigenvalue weighted by Gasteiger charge is 2.45. The van der Waals surface area contributed by atoms with Gasteiger partial charge in [-0.3, -0.25) is 43.9 Å². The highest BCUT2D eigenvalue weighted by Crippen LogP contribution is 2.43. The molecular weight excluding hydrogens is 802 g/mol. The lowest BCUT2D eigenvalue weighted by Crippen LogP contribution is -2.54. The largest absolute Gasteiger partial charge is 0.378 e. The lowest BCUT2D eigenvalue weighted by Gasteiger charge is -2.36. The molecular formula is C49H60FN7O6. The maximum atomic E-state index is 14.9. The summed E-state index contributed by atoms with van der Waals surface area (Å²) in [5, 5.41) is 5.25. The van der Waals surface area contributed by atoms with Crippen molar-refractivity contribution < 1.29 is 33.2 Å². The molecule has 5 aliphatic rings. The number of nitrogens with one attached hydrogen (secondary N) is 2. The minimum atomic E-state index is -1.02. The summed E-state index contributed by atoms with van der Waals surface area (Å²) in [6, 6.07) is 18.7. The number of fused-ring (bicyclic) bond motifs is 2. The van der Waals surface area contributed by atoms with Gasteiger partial charge in [0.05, 0.1) is 17.7 Å². The van der Waals surface area contributed by atoms with Crippen molar-refractivity contribution in [3.63, 3.8) is 0 Å². The molecule has 0 radical (unpaired) electrons. The molecule has 3 aromatic rings. The van der Waals surface area contributed by atoms with Crippen molar-refractivity contribution in [2.75, 3.05) is 70.1 Å². The fourth-order valence-electron chi connectivity index (χ4n) is 10.4. The van der Waals surface area contributed by atoms with E-state index in [0.29, 0.717) is 30.5 Å². The van der Waals surface area contributed by atoms with Crippen molar-refractivity contribution >= 4 is 46.7 Å². The standard InChI is InChI=1S/C49H60FN7O6/c1-53(2)43-31-56(41-21-16-33-10-9-12-40(50)46(33)41)30-39(43)32-14-18-35(19-15-32)54-24-26-55(27-25-54)45(60)13-8-6-4-3-5-7-11-36(58)29-51-34-17-20-37-38(28-34)49(63)57(48(37)62)42-22-23-44(59)52-47(42)61/h9-10,12,14-15,17-20,28,39,41-43,51H,3-8,11,13,16,21-27,29-31H2,1-2H3,(H,52,59,61)/t39-,41?,42?,43+/m1/s1. The Hall–Kier alpha value is -5.47. The summed E-state index contributed by atoms with van der Waals surface area (Å²) in [6.45, 7) is 4.99. The van der Waals surface area contributed by atoms with E-state index in [2.05, 4.69) is 69.8 Å². The predicted molar refractivity (Wildman–Crippen MR) is 238 cm³/mol. The van der Waals surface area contributed by atoms with Gasteiger partial charge >= 0.3 is 0 Å². The third kappa shape index (κ3) is 9.72. The SMILES string of the molecule is CN(C)[C@H]1CN(C2CCc3cccc(F)c32)C[C@@H]1c1ccc(N2CCN(C(=O)CCCCCCCCC(=O)CNc3ccc4c(c3)C(=O)N(C3CCC(=O)NC3=O)C4=O)CC2)cc1. The number of carbonyl (C=O) groups is 6. The Labute approximate surface area is 369 Å². The molecule has 0 aromatic heterocycles. The number of benzene rings is 3. The molecule has 2 unspecified atom stereocenters. The van der Waals surface area contributed by atoms with Crippen molar-refractivity contribution in [1.82, 2.24) is 24.9 Å². The summed E-state index contributed by atoms with van der Waals surface area (Å²) in [6.07, 6.45) is 8.61. The molecule has 2 N–H and O–H groups in total. The number of aryl methyl sites for hydroxylation is 1. The Morgan fingerprint density at radius 2 is 1.48 bits per heavy atom. The number of ketones is 1. The highest BCUT2D eigenvalue weighted by atomic mass is 19.1. The third-order valence-corrected chi connectivity index (χ3v) is 13.9. The molecule has 4 heterocycles. The number of rotatable bonds is 17. The number of hydrogen-bond acceptors (Lipinski definition) is 10. The van der Waals surface area contributed by atoms with E-state index < -0.39 is 29.7 Å². The zero-order chi connectivity index (χ0) is 44.2. The van der Waals surface area contributed by atoms with Gasteiger partial charge < -0.3 is 20.0 Å². The van der Waals surface area contributed by atoms with Gasteiger partial charge in [0, 0.05) is 93.5 Å². The summed E-state index contributed by atoms with van der Waals surface area (Å²) in [5.74, 6) is -1.69. The lowest BCUT2D eigenvalue weighted by atomic mass is 9.93. The molecule has 3 saturated heterocycles. The van der Waals surface area contributed by atoms with Crippen LogP contribution in [-0.2, 0) is 25.6 Å². The predicted octanol–water partition coefficient (Wildman–Crippen LogP) is 5.69. The van der Waals surface area contributed by atoms with Gasteiger partial charge in [-0.2, -0.15) is 0 Å². The fraction of sp³-hybridized carbons (Fsp3) is 0.510. The number of likely N-dealkylation sites (tertiary alicyclic amines) is 1. The topological polar surface area (TPSA) is 143 Å². The lowest BCUT2D eigenvalue weighted by molar-refractivity contribution is -0.136. The fourth-order valence-corrected chi connectivity index (χ4v) is 10.4. The van der Waals surface area contributed by atoms with Gasteiger partial charge in [-0.25, -0.2) is 4.39 Å². The van der Waals surface area contributed by atoms with Crippen LogP contribution in [0.1, 0.15) is 120 Å². The Morgan fingerprint density at radius 1 is 0.778 bits per heavy atom. The quantitative estimate of drug-likeness (QED) is 0.128. The van der Waals surface area contributed by atoms with E-state index in [1.807, 2.05) is 11.0 Å². The van der Waals surface area contributed by atoms with Crippen molar-refractivity contribution in [3.8, 4) is 0 Å². The van der Waals surface area contributed by atoms with Crippen LogP contribution in [0.4, 0.5) is 15.8 Å². The molecule has 0 bridgehead atoms. The second kappa shape index (κ2) is 19.5. The number of hydrogen-bond donors (Lipinski definition) is 2. The smallest absolute Gasteiger partial charge is 0.262 e. The molecule has 1 aliphatic carbocycles. The number of piperidine rings is 1. The molecule has 0 spiro atoms. The van der Waals surface area contributed by atoms with E-state index in [9.17, 15) is 33.2 Å². The van der Waals surface area contributed by atoms with Crippen molar-refractivity contribution in [3.05, 3.63) is 94.3 Å². The highest BCUT2D eigenvalue weighted by molar-refractivity contribution is 6.23. The van der Waals surface area contributed by atoms with Gasteiger partial charge in [0.25, 0.3) is 11.8 Å². The first-order chi connectivity index (χ1) is 30.5. The molecule has 14 heteroatoms. The zero-order valence-corrected chi connectivity index (χ0v) is 36.6. The van der Waals surface area contributed by atoms with Gasteiger partial charge in [0.2, 0.25) is 17.7 Å². The van der Waals surface area contributed by atoms with E-state index in [1.165, 1.54) is 23.4 Å². The second-order valence-corrected chi connectivity index (χ2v) is 18.1. The summed E-state index contributed by atoms with van der Waals surface area (Å²) in [4.78, 5) is 85.7. The van der Waals surface area contributed by atoms with E-state index in [-0.39, 0.29) is 54.1 Å². The second-order valence-electron chi connectivity index (χ2n) is 18.1. The molecule has 334 valence electrons. The van der Waals surface area contributed by atoms with Crippen LogP contribution in [0.15, 0.2) is 60.7 Å². The first-order valence-corrected chi connectivity index (χ1v) is 22.9.